The third-order valence-electron chi connectivity index (χ3n) is 4.72. The Labute approximate surface area is 123 Å². The number of halogens is 1. The summed E-state index contributed by atoms with van der Waals surface area (Å²) >= 11 is 0. The van der Waals surface area contributed by atoms with E-state index in [9.17, 15) is 9.50 Å². The number of aromatic hydroxyl groups is 1. The number of benzene rings is 1. The number of rotatable bonds is 1. The summed E-state index contributed by atoms with van der Waals surface area (Å²) in [5.74, 6) is -0.268. The summed E-state index contributed by atoms with van der Waals surface area (Å²) in [6.45, 7) is 4.41. The molecule has 3 rings (SSSR count). The predicted octanol–water partition coefficient (Wildman–Crippen LogP) is 3.06. The molecule has 1 aliphatic rings. The number of likely N-dealkylation sites (tertiary alicyclic amines) is 1. The first-order chi connectivity index (χ1) is 9.95. The Balaban J connectivity index is 1.98. The maximum atomic E-state index is 14.0. The first-order valence-corrected chi connectivity index (χ1v) is 7.33. The normalized spacial score (nSPS) is 27.1. The van der Waals surface area contributed by atoms with Crippen LogP contribution in [0.3, 0.4) is 0 Å². The van der Waals surface area contributed by atoms with Gasteiger partial charge in [-0.25, -0.2) is 4.39 Å². The van der Waals surface area contributed by atoms with E-state index in [4.69, 9.17) is 0 Å². The second-order valence-corrected chi connectivity index (χ2v) is 6.16. The second-order valence-electron chi connectivity index (χ2n) is 6.16. The molecule has 1 unspecified atom stereocenters. The molecule has 1 aromatic heterocycles. The molecule has 1 aliphatic heterocycles. The molecule has 5 heteroatoms. The SMILES string of the molecule is C[C@@H]1CC(c2cc3c(F)cc(O)cc3nn2)C[C@H](C)N1C. The zero-order valence-corrected chi connectivity index (χ0v) is 12.5. The number of aromatic nitrogens is 2. The van der Waals surface area contributed by atoms with Gasteiger partial charge in [0.2, 0.25) is 0 Å². The highest BCUT2D eigenvalue weighted by atomic mass is 19.1. The first-order valence-electron chi connectivity index (χ1n) is 7.33. The van der Waals surface area contributed by atoms with Crippen molar-refractivity contribution < 1.29 is 9.50 Å². The van der Waals surface area contributed by atoms with E-state index in [1.807, 2.05) is 0 Å². The second kappa shape index (κ2) is 5.22. The van der Waals surface area contributed by atoms with E-state index in [1.54, 1.807) is 6.07 Å². The van der Waals surface area contributed by atoms with Gasteiger partial charge in [0.15, 0.2) is 0 Å². The molecular weight excluding hydrogens is 269 g/mol. The molecule has 2 heterocycles. The highest BCUT2D eigenvalue weighted by molar-refractivity contribution is 5.80. The van der Waals surface area contributed by atoms with Crippen molar-refractivity contribution >= 4 is 10.9 Å². The van der Waals surface area contributed by atoms with E-state index in [1.165, 1.54) is 6.07 Å². The molecule has 0 aliphatic carbocycles. The summed E-state index contributed by atoms with van der Waals surface area (Å²) in [4.78, 5) is 2.36. The van der Waals surface area contributed by atoms with Crippen molar-refractivity contribution in [3.8, 4) is 5.75 Å². The van der Waals surface area contributed by atoms with E-state index in [0.717, 1.165) is 24.6 Å². The van der Waals surface area contributed by atoms with Crippen molar-refractivity contribution in [2.24, 2.45) is 0 Å². The molecule has 1 N–H and O–H groups in total. The van der Waals surface area contributed by atoms with Crippen LogP contribution in [0, 0.1) is 5.82 Å². The van der Waals surface area contributed by atoms with Gasteiger partial charge in [-0.3, -0.25) is 0 Å². The topological polar surface area (TPSA) is 49.3 Å². The fourth-order valence-electron chi connectivity index (χ4n) is 3.23. The molecule has 1 fully saturated rings. The van der Waals surface area contributed by atoms with Gasteiger partial charge in [-0.15, -0.1) is 0 Å². The van der Waals surface area contributed by atoms with Gasteiger partial charge in [-0.05, 0) is 39.8 Å². The minimum atomic E-state index is -0.449. The van der Waals surface area contributed by atoms with Crippen LogP contribution in [0.2, 0.25) is 0 Å². The number of hydrogen-bond donors (Lipinski definition) is 1. The van der Waals surface area contributed by atoms with Crippen molar-refractivity contribution in [2.45, 2.75) is 44.7 Å². The highest BCUT2D eigenvalue weighted by Crippen LogP contribution is 2.34. The molecule has 2 aromatic rings. The Hall–Kier alpha value is -1.75. The fraction of sp³-hybridized carbons (Fsp3) is 0.500. The van der Waals surface area contributed by atoms with Crippen LogP contribution in [0.4, 0.5) is 4.39 Å². The number of piperidine rings is 1. The quantitative estimate of drug-likeness (QED) is 0.876. The van der Waals surface area contributed by atoms with Crippen molar-refractivity contribution in [1.82, 2.24) is 15.1 Å². The van der Waals surface area contributed by atoms with Crippen molar-refractivity contribution in [1.29, 1.82) is 0 Å². The largest absolute Gasteiger partial charge is 0.508 e. The molecule has 1 saturated heterocycles. The number of fused-ring (bicyclic) bond motifs is 1. The monoisotopic (exact) mass is 289 g/mol. The lowest BCUT2D eigenvalue weighted by Gasteiger charge is -2.40. The Morgan fingerprint density at radius 2 is 1.81 bits per heavy atom. The Morgan fingerprint density at radius 3 is 2.48 bits per heavy atom. The number of phenolic OH excluding ortho intramolecular Hbond substituents is 1. The van der Waals surface area contributed by atoms with Gasteiger partial charge in [0, 0.05) is 35.5 Å². The van der Waals surface area contributed by atoms with Crippen LogP contribution in [0.15, 0.2) is 18.2 Å². The average molecular weight is 289 g/mol. The summed E-state index contributed by atoms with van der Waals surface area (Å²) in [5.41, 5.74) is 1.24. The molecule has 0 bridgehead atoms. The third kappa shape index (κ3) is 2.58. The van der Waals surface area contributed by atoms with Crippen LogP contribution < -0.4 is 0 Å². The molecule has 3 atom stereocenters. The lowest BCUT2D eigenvalue weighted by Crippen LogP contribution is -2.43. The minimum absolute atomic E-state index is 0.122. The summed E-state index contributed by atoms with van der Waals surface area (Å²) in [5, 5.41) is 18.2. The molecule has 112 valence electrons. The maximum absolute atomic E-state index is 14.0. The van der Waals surface area contributed by atoms with Crippen LogP contribution in [0.1, 0.15) is 38.3 Å². The molecule has 4 nitrogen and oxygen atoms in total. The molecule has 1 aromatic carbocycles. The molecule has 0 saturated carbocycles. The lowest BCUT2D eigenvalue weighted by molar-refractivity contribution is 0.121. The van der Waals surface area contributed by atoms with Gasteiger partial charge in [0.25, 0.3) is 0 Å². The minimum Gasteiger partial charge on any atom is -0.508 e. The van der Waals surface area contributed by atoms with Gasteiger partial charge >= 0.3 is 0 Å². The molecule has 21 heavy (non-hydrogen) atoms. The number of nitrogens with zero attached hydrogens (tertiary/aromatic N) is 3. The van der Waals surface area contributed by atoms with Crippen molar-refractivity contribution in [3.05, 3.63) is 29.7 Å². The van der Waals surface area contributed by atoms with E-state index < -0.39 is 5.82 Å². The van der Waals surface area contributed by atoms with Gasteiger partial charge in [0.05, 0.1) is 11.2 Å². The standard InChI is InChI=1S/C16H20FN3O/c1-9-4-11(5-10(2)20(9)3)15-8-13-14(17)6-12(21)7-16(13)19-18-15/h6-11,21H,4-5H2,1-3H3/t9-,10+,11?. The number of phenols is 1. The Bertz CT molecular complexity index is 664. The van der Waals surface area contributed by atoms with Gasteiger partial charge in [-0.2, -0.15) is 10.2 Å². The van der Waals surface area contributed by atoms with Gasteiger partial charge < -0.3 is 10.0 Å². The first kappa shape index (κ1) is 14.2. The summed E-state index contributed by atoms with van der Waals surface area (Å²) < 4.78 is 14.0. The van der Waals surface area contributed by atoms with E-state index in [-0.39, 0.29) is 5.75 Å². The molecule has 0 radical (unpaired) electrons. The van der Waals surface area contributed by atoms with Crippen LogP contribution in [-0.4, -0.2) is 39.3 Å². The average Bonchev–Trinajstić information content (AvgIpc) is 2.43. The highest BCUT2D eigenvalue weighted by Gasteiger charge is 2.30. The Morgan fingerprint density at radius 1 is 1.14 bits per heavy atom. The van der Waals surface area contributed by atoms with E-state index >= 15 is 0 Å². The maximum Gasteiger partial charge on any atom is 0.136 e. The molecule has 0 amide bonds. The molecule has 0 spiro atoms. The van der Waals surface area contributed by atoms with Crippen LogP contribution in [-0.2, 0) is 0 Å². The zero-order chi connectivity index (χ0) is 15.1. The summed E-state index contributed by atoms with van der Waals surface area (Å²) in [7, 11) is 2.14. The van der Waals surface area contributed by atoms with Crippen molar-refractivity contribution in [3.63, 3.8) is 0 Å². The predicted molar refractivity (Wildman–Crippen MR) is 79.8 cm³/mol. The third-order valence-corrected chi connectivity index (χ3v) is 4.72. The fourth-order valence-corrected chi connectivity index (χ4v) is 3.23. The van der Waals surface area contributed by atoms with Crippen LogP contribution >= 0.6 is 0 Å². The van der Waals surface area contributed by atoms with E-state index in [2.05, 4.69) is 36.0 Å². The van der Waals surface area contributed by atoms with Gasteiger partial charge in [-0.1, -0.05) is 0 Å². The Kier molecular flexibility index (Phi) is 3.53. The summed E-state index contributed by atoms with van der Waals surface area (Å²) in [6, 6.07) is 5.29. The van der Waals surface area contributed by atoms with Crippen molar-refractivity contribution in [2.75, 3.05) is 7.05 Å². The van der Waals surface area contributed by atoms with Gasteiger partial charge in [0.1, 0.15) is 11.6 Å². The smallest absolute Gasteiger partial charge is 0.136 e. The number of hydrogen-bond acceptors (Lipinski definition) is 4. The van der Waals surface area contributed by atoms with Crippen LogP contribution in [0.5, 0.6) is 5.75 Å². The molecular formula is C16H20FN3O. The summed E-state index contributed by atoms with van der Waals surface area (Å²) in [6.07, 6.45) is 2.00. The zero-order valence-electron chi connectivity index (χ0n) is 12.5. The van der Waals surface area contributed by atoms with Crippen LogP contribution in [0.25, 0.3) is 10.9 Å². The van der Waals surface area contributed by atoms with E-state index in [0.29, 0.717) is 28.9 Å². The lowest BCUT2D eigenvalue weighted by atomic mass is 9.85.